The van der Waals surface area contributed by atoms with E-state index >= 15 is 0 Å². The van der Waals surface area contributed by atoms with Crippen molar-refractivity contribution in [1.82, 2.24) is 15.2 Å². The van der Waals surface area contributed by atoms with Crippen molar-refractivity contribution in [3.8, 4) is 0 Å². The van der Waals surface area contributed by atoms with Gasteiger partial charge in [-0.3, -0.25) is 9.69 Å². The van der Waals surface area contributed by atoms with E-state index in [-0.39, 0.29) is 11.9 Å². The number of hydrogen-bond acceptors (Lipinski definition) is 4. The minimum Gasteiger partial charge on any atom is -0.370 e. The molecule has 2 heterocycles. The van der Waals surface area contributed by atoms with Crippen LogP contribution in [0.3, 0.4) is 0 Å². The van der Waals surface area contributed by atoms with Gasteiger partial charge in [-0.05, 0) is 56.0 Å². The second-order valence-corrected chi connectivity index (χ2v) is 7.07. The van der Waals surface area contributed by atoms with Gasteiger partial charge >= 0.3 is 0 Å². The monoisotopic (exact) mass is 352 g/mol. The normalized spacial score (nSPS) is 18.5. The van der Waals surface area contributed by atoms with Crippen LogP contribution in [0.4, 0.5) is 5.82 Å². The number of likely N-dealkylation sites (tertiary alicyclic amines) is 1. The summed E-state index contributed by atoms with van der Waals surface area (Å²) in [6, 6.07) is 14.0. The highest BCUT2D eigenvalue weighted by molar-refractivity contribution is 5.81. The molecule has 1 amide bonds. The van der Waals surface area contributed by atoms with E-state index in [1.54, 1.807) is 6.20 Å². The lowest BCUT2D eigenvalue weighted by Crippen LogP contribution is -2.44. The molecule has 2 N–H and O–H groups in total. The average molecular weight is 352 g/mol. The van der Waals surface area contributed by atoms with Crippen LogP contribution in [0.5, 0.6) is 0 Å². The van der Waals surface area contributed by atoms with Gasteiger partial charge in [0.25, 0.3) is 0 Å². The fraction of sp³-hybridized carbons (Fsp3) is 0.429. The first-order chi connectivity index (χ1) is 12.6. The lowest BCUT2D eigenvalue weighted by atomic mass is 10.1. The molecule has 26 heavy (non-hydrogen) atoms. The Kier molecular flexibility index (Phi) is 6.23. The summed E-state index contributed by atoms with van der Waals surface area (Å²) in [6.45, 7) is 7.47. The van der Waals surface area contributed by atoms with Crippen molar-refractivity contribution in [3.05, 3.63) is 59.8 Å². The summed E-state index contributed by atoms with van der Waals surface area (Å²) in [4.78, 5) is 19.1. The number of carbonyl (C=O) groups excluding carboxylic acids is 1. The van der Waals surface area contributed by atoms with Gasteiger partial charge in [0.15, 0.2) is 0 Å². The number of aryl methyl sites for hydroxylation is 1. The lowest BCUT2D eigenvalue weighted by Gasteiger charge is -2.24. The molecule has 1 aliphatic rings. The molecule has 0 aliphatic carbocycles. The Morgan fingerprint density at radius 2 is 2.08 bits per heavy atom. The lowest BCUT2D eigenvalue weighted by molar-refractivity contribution is -0.125. The minimum absolute atomic E-state index is 0.0983. The molecule has 0 bridgehead atoms. The van der Waals surface area contributed by atoms with E-state index in [9.17, 15) is 4.79 Å². The molecule has 5 heteroatoms. The molecule has 0 radical (unpaired) electrons. The molecule has 1 aromatic heterocycles. The summed E-state index contributed by atoms with van der Waals surface area (Å²) in [5.74, 6) is 1.56. The van der Waals surface area contributed by atoms with E-state index in [2.05, 4.69) is 39.6 Å². The molecule has 0 spiro atoms. The van der Waals surface area contributed by atoms with Crippen molar-refractivity contribution in [2.45, 2.75) is 32.9 Å². The number of anilines is 1. The van der Waals surface area contributed by atoms with Crippen LogP contribution in [0.2, 0.25) is 0 Å². The Bertz CT molecular complexity index is 719. The van der Waals surface area contributed by atoms with E-state index in [1.165, 1.54) is 11.1 Å². The number of hydrogen-bond donors (Lipinski definition) is 2. The third-order valence-electron chi connectivity index (χ3n) is 5.20. The van der Waals surface area contributed by atoms with Crippen molar-refractivity contribution < 1.29 is 4.79 Å². The van der Waals surface area contributed by atoms with Gasteiger partial charge in [-0.1, -0.05) is 30.3 Å². The second kappa shape index (κ2) is 8.81. The van der Waals surface area contributed by atoms with Crippen molar-refractivity contribution in [2.75, 3.05) is 25.0 Å². The molecule has 2 unspecified atom stereocenters. The SMILES string of the molecule is Cc1ccccc1CNC(=O)C(C)N1CCC(CNc2ccccn2)C1. The van der Waals surface area contributed by atoms with Crippen molar-refractivity contribution >= 4 is 11.7 Å². The minimum atomic E-state index is -0.0983. The van der Waals surface area contributed by atoms with Gasteiger partial charge in [0, 0.05) is 25.8 Å². The fourth-order valence-electron chi connectivity index (χ4n) is 3.40. The molecule has 0 saturated carbocycles. The zero-order valence-electron chi connectivity index (χ0n) is 15.6. The van der Waals surface area contributed by atoms with Crippen LogP contribution >= 0.6 is 0 Å². The van der Waals surface area contributed by atoms with Crippen LogP contribution in [-0.4, -0.2) is 41.5 Å². The maximum absolute atomic E-state index is 12.5. The molecular weight excluding hydrogens is 324 g/mol. The number of carbonyl (C=O) groups is 1. The van der Waals surface area contributed by atoms with Crippen LogP contribution in [0.1, 0.15) is 24.5 Å². The van der Waals surface area contributed by atoms with Crippen LogP contribution in [-0.2, 0) is 11.3 Å². The molecule has 5 nitrogen and oxygen atoms in total. The molecular formula is C21H28N4O. The topological polar surface area (TPSA) is 57.3 Å². The number of rotatable bonds is 7. The summed E-state index contributed by atoms with van der Waals surface area (Å²) >= 11 is 0. The Balaban J connectivity index is 1.44. The Hall–Kier alpha value is -2.40. The van der Waals surface area contributed by atoms with Gasteiger partial charge in [-0.25, -0.2) is 4.98 Å². The first kappa shape index (κ1) is 18.4. The van der Waals surface area contributed by atoms with Gasteiger partial charge < -0.3 is 10.6 Å². The molecule has 1 saturated heterocycles. The predicted molar refractivity (Wildman–Crippen MR) is 105 cm³/mol. The molecule has 2 aromatic rings. The van der Waals surface area contributed by atoms with Gasteiger partial charge in [0.1, 0.15) is 5.82 Å². The third kappa shape index (κ3) is 4.82. The third-order valence-corrected chi connectivity index (χ3v) is 5.20. The highest BCUT2D eigenvalue weighted by Gasteiger charge is 2.29. The average Bonchev–Trinajstić information content (AvgIpc) is 3.15. The Labute approximate surface area is 155 Å². The quantitative estimate of drug-likeness (QED) is 0.804. The van der Waals surface area contributed by atoms with E-state index < -0.39 is 0 Å². The van der Waals surface area contributed by atoms with Crippen LogP contribution < -0.4 is 10.6 Å². The van der Waals surface area contributed by atoms with Crippen LogP contribution in [0.25, 0.3) is 0 Å². The number of nitrogens with one attached hydrogen (secondary N) is 2. The van der Waals surface area contributed by atoms with E-state index in [4.69, 9.17) is 0 Å². The van der Waals surface area contributed by atoms with Crippen LogP contribution in [0.15, 0.2) is 48.7 Å². The maximum atomic E-state index is 12.5. The standard InChI is InChI=1S/C21H28N4O/c1-16-7-3-4-8-19(16)14-24-21(26)17(2)25-12-10-18(15-25)13-23-20-9-5-6-11-22-20/h3-9,11,17-18H,10,12-15H2,1-2H3,(H,22,23)(H,24,26). The smallest absolute Gasteiger partial charge is 0.237 e. The molecule has 3 rings (SSSR count). The van der Waals surface area contributed by atoms with Crippen molar-refractivity contribution in [2.24, 2.45) is 5.92 Å². The number of nitrogens with zero attached hydrogens (tertiary/aromatic N) is 2. The fourth-order valence-corrected chi connectivity index (χ4v) is 3.40. The highest BCUT2D eigenvalue weighted by atomic mass is 16.2. The Morgan fingerprint density at radius 1 is 1.27 bits per heavy atom. The van der Waals surface area contributed by atoms with Gasteiger partial charge in [0.2, 0.25) is 5.91 Å². The van der Waals surface area contributed by atoms with E-state index in [1.807, 2.05) is 37.3 Å². The largest absolute Gasteiger partial charge is 0.370 e. The summed E-state index contributed by atoms with van der Waals surface area (Å²) in [5.41, 5.74) is 2.38. The van der Waals surface area contributed by atoms with Gasteiger partial charge in [0.05, 0.1) is 6.04 Å². The summed E-state index contributed by atoms with van der Waals surface area (Å²) in [7, 11) is 0. The first-order valence-electron chi connectivity index (χ1n) is 9.34. The molecule has 1 aromatic carbocycles. The van der Waals surface area contributed by atoms with E-state index in [0.717, 1.165) is 31.9 Å². The first-order valence-corrected chi connectivity index (χ1v) is 9.34. The molecule has 1 fully saturated rings. The maximum Gasteiger partial charge on any atom is 0.237 e. The second-order valence-electron chi connectivity index (χ2n) is 7.07. The number of benzene rings is 1. The zero-order chi connectivity index (χ0) is 18.4. The van der Waals surface area contributed by atoms with E-state index in [0.29, 0.717) is 12.5 Å². The predicted octanol–water partition coefficient (Wildman–Crippen LogP) is 2.83. The van der Waals surface area contributed by atoms with Gasteiger partial charge in [-0.15, -0.1) is 0 Å². The molecule has 1 aliphatic heterocycles. The number of amides is 1. The molecule has 2 atom stereocenters. The van der Waals surface area contributed by atoms with Crippen molar-refractivity contribution in [3.63, 3.8) is 0 Å². The molecule has 138 valence electrons. The number of pyridine rings is 1. The highest BCUT2D eigenvalue weighted by Crippen LogP contribution is 2.19. The van der Waals surface area contributed by atoms with Crippen LogP contribution in [0, 0.1) is 12.8 Å². The zero-order valence-corrected chi connectivity index (χ0v) is 15.6. The van der Waals surface area contributed by atoms with Gasteiger partial charge in [-0.2, -0.15) is 0 Å². The Morgan fingerprint density at radius 3 is 2.85 bits per heavy atom. The summed E-state index contributed by atoms with van der Waals surface area (Å²) in [6.07, 6.45) is 2.90. The number of aromatic nitrogens is 1. The summed E-state index contributed by atoms with van der Waals surface area (Å²) in [5, 5.41) is 6.47. The summed E-state index contributed by atoms with van der Waals surface area (Å²) < 4.78 is 0. The van der Waals surface area contributed by atoms with Crippen molar-refractivity contribution in [1.29, 1.82) is 0 Å².